The van der Waals surface area contributed by atoms with Crippen LogP contribution in [0.3, 0.4) is 0 Å². The molecular formula is C14H15ClN4O2. The van der Waals surface area contributed by atoms with E-state index in [0.717, 1.165) is 24.2 Å². The SMILES string of the molecule is COc1cccc(Cl)c1CNC(=O)c1n[nH]c(C2CC2)n1. The number of amides is 1. The highest BCUT2D eigenvalue weighted by Crippen LogP contribution is 2.37. The van der Waals surface area contributed by atoms with E-state index in [1.54, 1.807) is 25.3 Å². The molecule has 110 valence electrons. The summed E-state index contributed by atoms with van der Waals surface area (Å²) in [5.74, 6) is 1.68. The normalized spacial score (nSPS) is 14.0. The van der Waals surface area contributed by atoms with E-state index in [0.29, 0.717) is 16.7 Å². The minimum absolute atomic E-state index is 0.155. The summed E-state index contributed by atoms with van der Waals surface area (Å²) in [6, 6.07) is 5.35. The summed E-state index contributed by atoms with van der Waals surface area (Å²) in [4.78, 5) is 16.3. The lowest BCUT2D eigenvalue weighted by atomic mass is 10.2. The van der Waals surface area contributed by atoms with Gasteiger partial charge in [-0.25, -0.2) is 4.98 Å². The van der Waals surface area contributed by atoms with E-state index >= 15 is 0 Å². The Bertz CT molecular complexity index is 667. The van der Waals surface area contributed by atoms with Gasteiger partial charge in [0.05, 0.1) is 7.11 Å². The van der Waals surface area contributed by atoms with Crippen molar-refractivity contribution in [3.8, 4) is 5.75 Å². The van der Waals surface area contributed by atoms with Crippen LogP contribution in [-0.4, -0.2) is 28.2 Å². The molecule has 21 heavy (non-hydrogen) atoms. The van der Waals surface area contributed by atoms with Gasteiger partial charge in [0.1, 0.15) is 11.6 Å². The number of nitrogens with zero attached hydrogens (tertiary/aromatic N) is 2. The van der Waals surface area contributed by atoms with Gasteiger partial charge in [-0.2, -0.15) is 0 Å². The molecule has 3 rings (SSSR count). The van der Waals surface area contributed by atoms with Crippen molar-refractivity contribution in [2.24, 2.45) is 0 Å². The van der Waals surface area contributed by atoms with Crippen molar-refractivity contribution >= 4 is 17.5 Å². The van der Waals surface area contributed by atoms with Crippen molar-refractivity contribution < 1.29 is 9.53 Å². The predicted octanol–water partition coefficient (Wildman–Crippen LogP) is 2.27. The molecule has 2 N–H and O–H groups in total. The van der Waals surface area contributed by atoms with Crippen LogP contribution in [0.1, 0.15) is 40.8 Å². The van der Waals surface area contributed by atoms with Gasteiger partial charge in [0, 0.05) is 23.0 Å². The highest BCUT2D eigenvalue weighted by molar-refractivity contribution is 6.31. The Hall–Kier alpha value is -2.08. The highest BCUT2D eigenvalue weighted by Gasteiger charge is 2.28. The van der Waals surface area contributed by atoms with Crippen molar-refractivity contribution in [1.82, 2.24) is 20.5 Å². The molecule has 0 aliphatic heterocycles. The monoisotopic (exact) mass is 306 g/mol. The number of halogens is 1. The first kappa shape index (κ1) is 13.9. The average Bonchev–Trinajstić information content (AvgIpc) is 3.22. The quantitative estimate of drug-likeness (QED) is 0.888. The molecule has 6 nitrogen and oxygen atoms in total. The van der Waals surface area contributed by atoms with Crippen molar-refractivity contribution in [3.05, 3.63) is 40.4 Å². The summed E-state index contributed by atoms with van der Waals surface area (Å²) < 4.78 is 5.23. The second-order valence-electron chi connectivity index (χ2n) is 4.92. The van der Waals surface area contributed by atoms with Crippen LogP contribution in [0.5, 0.6) is 5.75 Å². The molecule has 0 unspecified atom stereocenters. The number of carbonyl (C=O) groups is 1. The first-order valence-corrected chi connectivity index (χ1v) is 7.08. The molecule has 1 fully saturated rings. The Labute approximate surface area is 126 Å². The van der Waals surface area contributed by atoms with Crippen molar-refractivity contribution in [2.45, 2.75) is 25.3 Å². The third kappa shape index (κ3) is 3.00. The molecule has 0 saturated heterocycles. The number of methoxy groups -OCH3 is 1. The fourth-order valence-electron chi connectivity index (χ4n) is 2.06. The van der Waals surface area contributed by atoms with Crippen LogP contribution in [0.15, 0.2) is 18.2 Å². The minimum Gasteiger partial charge on any atom is -0.496 e. The zero-order valence-electron chi connectivity index (χ0n) is 11.5. The minimum atomic E-state index is -0.333. The number of hydrogen-bond acceptors (Lipinski definition) is 4. The number of H-pyrrole nitrogens is 1. The van der Waals surface area contributed by atoms with Gasteiger partial charge in [0.15, 0.2) is 0 Å². The summed E-state index contributed by atoms with van der Waals surface area (Å²) >= 11 is 6.12. The molecule has 0 radical (unpaired) electrons. The molecule has 1 aromatic heterocycles. The Morgan fingerprint density at radius 3 is 3.05 bits per heavy atom. The van der Waals surface area contributed by atoms with Crippen LogP contribution in [0.2, 0.25) is 5.02 Å². The van der Waals surface area contributed by atoms with Crippen LogP contribution in [0, 0.1) is 0 Å². The van der Waals surface area contributed by atoms with Gasteiger partial charge in [-0.05, 0) is 25.0 Å². The predicted molar refractivity (Wildman–Crippen MR) is 77.5 cm³/mol. The first-order valence-electron chi connectivity index (χ1n) is 6.71. The van der Waals surface area contributed by atoms with Crippen LogP contribution < -0.4 is 10.1 Å². The molecule has 0 bridgehead atoms. The summed E-state index contributed by atoms with van der Waals surface area (Å²) in [5.41, 5.74) is 0.730. The fraction of sp³-hybridized carbons (Fsp3) is 0.357. The second kappa shape index (κ2) is 5.73. The third-order valence-electron chi connectivity index (χ3n) is 3.39. The first-order chi connectivity index (χ1) is 10.2. The molecular weight excluding hydrogens is 292 g/mol. The number of benzene rings is 1. The van der Waals surface area contributed by atoms with Gasteiger partial charge in [0.2, 0.25) is 5.82 Å². The third-order valence-corrected chi connectivity index (χ3v) is 3.75. The molecule has 1 aliphatic rings. The van der Waals surface area contributed by atoms with Crippen LogP contribution >= 0.6 is 11.6 Å². The highest BCUT2D eigenvalue weighted by atomic mass is 35.5. The maximum atomic E-state index is 12.0. The lowest BCUT2D eigenvalue weighted by Gasteiger charge is -2.10. The van der Waals surface area contributed by atoms with Crippen molar-refractivity contribution in [2.75, 3.05) is 7.11 Å². The van der Waals surface area contributed by atoms with E-state index in [1.165, 1.54) is 0 Å². The molecule has 0 atom stereocenters. The Balaban J connectivity index is 1.67. The van der Waals surface area contributed by atoms with Crippen LogP contribution in [0.25, 0.3) is 0 Å². The van der Waals surface area contributed by atoms with Gasteiger partial charge in [-0.15, -0.1) is 5.10 Å². The topological polar surface area (TPSA) is 79.9 Å². The number of nitrogens with one attached hydrogen (secondary N) is 2. The molecule has 2 aromatic rings. The summed E-state index contributed by atoms with van der Waals surface area (Å²) in [7, 11) is 1.56. The molecule has 1 amide bonds. The van der Waals surface area contributed by atoms with Gasteiger partial charge in [0.25, 0.3) is 5.91 Å². The molecule has 1 aromatic carbocycles. The molecule has 1 saturated carbocycles. The largest absolute Gasteiger partial charge is 0.496 e. The maximum Gasteiger partial charge on any atom is 0.291 e. The van der Waals surface area contributed by atoms with E-state index < -0.39 is 0 Å². The number of aromatic nitrogens is 3. The lowest BCUT2D eigenvalue weighted by molar-refractivity contribution is 0.0940. The number of aromatic amines is 1. The zero-order valence-corrected chi connectivity index (χ0v) is 12.3. The number of ether oxygens (including phenoxy) is 1. The Morgan fingerprint density at radius 1 is 1.52 bits per heavy atom. The van der Waals surface area contributed by atoms with Crippen molar-refractivity contribution in [1.29, 1.82) is 0 Å². The Kier molecular flexibility index (Phi) is 3.79. The smallest absolute Gasteiger partial charge is 0.291 e. The fourth-order valence-corrected chi connectivity index (χ4v) is 2.30. The average molecular weight is 307 g/mol. The van der Waals surface area contributed by atoms with E-state index in [4.69, 9.17) is 16.3 Å². The lowest BCUT2D eigenvalue weighted by Crippen LogP contribution is -2.24. The van der Waals surface area contributed by atoms with E-state index in [-0.39, 0.29) is 18.3 Å². The standard InChI is InChI=1S/C14H15ClN4O2/c1-21-11-4-2-3-10(15)9(11)7-16-14(20)13-17-12(18-19-13)8-5-6-8/h2-4,8H,5-7H2,1H3,(H,16,20)(H,17,18,19). The van der Waals surface area contributed by atoms with E-state index in [9.17, 15) is 4.79 Å². The number of carbonyl (C=O) groups excluding carboxylic acids is 1. The van der Waals surface area contributed by atoms with Gasteiger partial charge >= 0.3 is 0 Å². The maximum absolute atomic E-state index is 12.0. The van der Waals surface area contributed by atoms with Crippen molar-refractivity contribution in [3.63, 3.8) is 0 Å². The van der Waals surface area contributed by atoms with Gasteiger partial charge < -0.3 is 10.1 Å². The van der Waals surface area contributed by atoms with Gasteiger partial charge in [-0.3, -0.25) is 9.89 Å². The van der Waals surface area contributed by atoms with Crippen LogP contribution in [0.4, 0.5) is 0 Å². The molecule has 0 spiro atoms. The van der Waals surface area contributed by atoms with E-state index in [2.05, 4.69) is 20.5 Å². The summed E-state index contributed by atoms with van der Waals surface area (Å²) in [6.45, 7) is 0.259. The number of rotatable bonds is 5. The zero-order chi connectivity index (χ0) is 14.8. The molecule has 1 heterocycles. The summed E-state index contributed by atoms with van der Waals surface area (Å²) in [6.07, 6.45) is 2.21. The van der Waals surface area contributed by atoms with Crippen LogP contribution in [-0.2, 0) is 6.54 Å². The molecule has 7 heteroatoms. The van der Waals surface area contributed by atoms with E-state index in [1.807, 2.05) is 0 Å². The second-order valence-corrected chi connectivity index (χ2v) is 5.33. The summed E-state index contributed by atoms with van der Waals surface area (Å²) in [5, 5.41) is 10.1. The Morgan fingerprint density at radius 2 is 2.33 bits per heavy atom. The number of hydrogen-bond donors (Lipinski definition) is 2. The molecule has 1 aliphatic carbocycles. The van der Waals surface area contributed by atoms with Gasteiger partial charge in [-0.1, -0.05) is 17.7 Å².